The molecule has 0 saturated carbocycles. The van der Waals surface area contributed by atoms with E-state index >= 15 is 0 Å². The highest BCUT2D eigenvalue weighted by atomic mass is 32.1. The minimum Gasteiger partial charge on any atom is -0.368 e. The van der Waals surface area contributed by atoms with Gasteiger partial charge in [-0.3, -0.25) is 0 Å². The largest absolute Gasteiger partial charge is 0.368 e. The summed E-state index contributed by atoms with van der Waals surface area (Å²) in [5.41, 5.74) is 5.56. The molecular formula is C12H18FN5S. The van der Waals surface area contributed by atoms with Gasteiger partial charge in [-0.25, -0.2) is 0 Å². The molecule has 0 radical (unpaired) electrons. The maximum atomic E-state index is 13.0. The molecular weight excluding hydrogens is 265 g/mol. The lowest BCUT2D eigenvalue weighted by Gasteiger charge is -2.15. The van der Waals surface area contributed by atoms with Crippen LogP contribution >= 0.6 is 11.3 Å². The van der Waals surface area contributed by atoms with E-state index in [9.17, 15) is 4.39 Å². The molecule has 0 aliphatic carbocycles. The molecule has 3 N–H and O–H groups in total. The monoisotopic (exact) mass is 283 g/mol. The van der Waals surface area contributed by atoms with E-state index in [2.05, 4.69) is 20.3 Å². The van der Waals surface area contributed by atoms with Crippen LogP contribution in [0.15, 0.2) is 12.1 Å². The van der Waals surface area contributed by atoms with Crippen molar-refractivity contribution in [3.05, 3.63) is 28.0 Å². The molecule has 0 spiro atoms. The first-order valence-corrected chi connectivity index (χ1v) is 6.40. The zero-order chi connectivity index (χ0) is 13.1. The highest BCUT2D eigenvalue weighted by molar-refractivity contribution is 7.10. The SMILES string of the molecule is C.CCC(Nc1nc(C)nc(N)n1)c1ccc(F)s1. The van der Waals surface area contributed by atoms with Gasteiger partial charge in [0.15, 0.2) is 5.13 Å². The molecule has 2 heterocycles. The fraction of sp³-hybridized carbons (Fsp3) is 0.417. The summed E-state index contributed by atoms with van der Waals surface area (Å²) >= 11 is 1.12. The van der Waals surface area contributed by atoms with Gasteiger partial charge in [0.2, 0.25) is 11.9 Å². The maximum absolute atomic E-state index is 13.0. The number of nitrogen functional groups attached to an aromatic ring is 1. The number of halogens is 1. The topological polar surface area (TPSA) is 76.7 Å². The van der Waals surface area contributed by atoms with E-state index in [0.717, 1.165) is 22.6 Å². The van der Waals surface area contributed by atoms with Gasteiger partial charge in [-0.1, -0.05) is 14.4 Å². The number of rotatable bonds is 4. The molecule has 2 rings (SSSR count). The molecule has 2 aromatic rings. The number of thiophene rings is 1. The van der Waals surface area contributed by atoms with Crippen molar-refractivity contribution < 1.29 is 4.39 Å². The smallest absolute Gasteiger partial charge is 0.228 e. The van der Waals surface area contributed by atoms with Gasteiger partial charge >= 0.3 is 0 Å². The summed E-state index contributed by atoms with van der Waals surface area (Å²) in [6.45, 7) is 3.75. The third kappa shape index (κ3) is 3.85. The summed E-state index contributed by atoms with van der Waals surface area (Å²) in [6.07, 6.45) is 0.796. The van der Waals surface area contributed by atoms with Gasteiger partial charge in [0, 0.05) is 4.88 Å². The molecule has 0 amide bonds. The summed E-state index contributed by atoms with van der Waals surface area (Å²) in [6, 6.07) is 3.19. The number of aryl methyl sites for hydroxylation is 1. The molecule has 19 heavy (non-hydrogen) atoms. The lowest BCUT2D eigenvalue weighted by Crippen LogP contribution is -2.13. The lowest BCUT2D eigenvalue weighted by molar-refractivity contribution is 0.657. The molecule has 104 valence electrons. The van der Waals surface area contributed by atoms with Gasteiger partial charge in [0.1, 0.15) is 5.82 Å². The predicted octanol–water partition coefficient (Wildman–Crippen LogP) is 3.16. The number of nitrogens with one attached hydrogen (secondary N) is 1. The minimum absolute atomic E-state index is 0. The van der Waals surface area contributed by atoms with Gasteiger partial charge < -0.3 is 11.1 Å². The molecule has 0 aliphatic heterocycles. The number of anilines is 2. The molecule has 1 unspecified atom stereocenters. The van der Waals surface area contributed by atoms with Gasteiger partial charge in [-0.05, 0) is 25.5 Å². The zero-order valence-electron chi connectivity index (χ0n) is 10.1. The van der Waals surface area contributed by atoms with E-state index in [1.807, 2.05) is 6.92 Å². The fourth-order valence-electron chi connectivity index (χ4n) is 1.61. The van der Waals surface area contributed by atoms with Gasteiger partial charge in [0.05, 0.1) is 6.04 Å². The van der Waals surface area contributed by atoms with Crippen molar-refractivity contribution in [2.24, 2.45) is 0 Å². The summed E-state index contributed by atoms with van der Waals surface area (Å²) in [5.74, 6) is 1.15. The van der Waals surface area contributed by atoms with E-state index < -0.39 is 0 Å². The molecule has 1 atom stereocenters. The van der Waals surface area contributed by atoms with Crippen molar-refractivity contribution >= 4 is 23.2 Å². The van der Waals surface area contributed by atoms with E-state index in [4.69, 9.17) is 5.73 Å². The van der Waals surface area contributed by atoms with Crippen molar-refractivity contribution in [2.45, 2.75) is 33.7 Å². The van der Waals surface area contributed by atoms with Crippen LogP contribution in [0.4, 0.5) is 16.3 Å². The van der Waals surface area contributed by atoms with Crippen LogP contribution in [0.25, 0.3) is 0 Å². The van der Waals surface area contributed by atoms with Crippen LogP contribution in [0, 0.1) is 12.1 Å². The standard InChI is InChI=1S/C11H14FN5S.CH4/c1-3-7(8-4-5-9(12)18-8)16-11-15-6(2)14-10(13)17-11;/h4-5,7H,3H2,1-2H3,(H3,13,14,15,16,17);1H4. The number of hydrogen-bond donors (Lipinski definition) is 2. The van der Waals surface area contributed by atoms with Crippen LogP contribution in [0.5, 0.6) is 0 Å². The Kier molecular flexibility index (Phi) is 5.17. The zero-order valence-corrected chi connectivity index (χ0v) is 11.0. The molecule has 5 nitrogen and oxygen atoms in total. The Morgan fingerprint density at radius 1 is 1.37 bits per heavy atom. The Balaban J connectivity index is 0.00000180. The summed E-state index contributed by atoms with van der Waals surface area (Å²) in [7, 11) is 0. The average Bonchev–Trinajstić information content (AvgIpc) is 2.71. The third-order valence-corrected chi connectivity index (χ3v) is 3.40. The van der Waals surface area contributed by atoms with Crippen molar-refractivity contribution in [1.29, 1.82) is 0 Å². The predicted molar refractivity (Wildman–Crippen MR) is 76.6 cm³/mol. The quantitative estimate of drug-likeness (QED) is 0.901. The second-order valence-corrected chi connectivity index (χ2v) is 4.88. The van der Waals surface area contributed by atoms with E-state index in [0.29, 0.717) is 11.8 Å². The molecule has 0 fully saturated rings. The van der Waals surface area contributed by atoms with E-state index in [1.54, 1.807) is 13.0 Å². The Labute approximate surface area is 116 Å². The lowest BCUT2D eigenvalue weighted by atomic mass is 10.2. The fourth-order valence-corrected chi connectivity index (χ4v) is 2.48. The first-order chi connectivity index (χ1) is 8.58. The molecule has 7 heteroatoms. The minimum atomic E-state index is -0.198. The average molecular weight is 283 g/mol. The maximum Gasteiger partial charge on any atom is 0.228 e. The highest BCUT2D eigenvalue weighted by Gasteiger charge is 2.14. The van der Waals surface area contributed by atoms with Crippen molar-refractivity contribution in [1.82, 2.24) is 15.0 Å². The molecule has 0 aromatic carbocycles. The highest BCUT2D eigenvalue weighted by Crippen LogP contribution is 2.27. The molecule has 0 aliphatic rings. The number of nitrogens with zero attached hydrogens (tertiary/aromatic N) is 3. The van der Waals surface area contributed by atoms with Crippen molar-refractivity contribution in [2.75, 3.05) is 11.1 Å². The second kappa shape index (κ2) is 6.42. The van der Waals surface area contributed by atoms with Crippen LogP contribution in [-0.2, 0) is 0 Å². The Morgan fingerprint density at radius 3 is 2.63 bits per heavy atom. The number of aromatic nitrogens is 3. The van der Waals surface area contributed by atoms with Crippen LogP contribution < -0.4 is 11.1 Å². The normalized spacial score (nSPS) is 11.7. The Morgan fingerprint density at radius 2 is 2.11 bits per heavy atom. The van der Waals surface area contributed by atoms with Crippen LogP contribution in [0.3, 0.4) is 0 Å². The van der Waals surface area contributed by atoms with Crippen LogP contribution in [0.2, 0.25) is 0 Å². The van der Waals surface area contributed by atoms with Crippen molar-refractivity contribution in [3.63, 3.8) is 0 Å². The van der Waals surface area contributed by atoms with Gasteiger partial charge in [0.25, 0.3) is 0 Å². The Hall–Kier alpha value is -1.76. The summed E-state index contributed by atoms with van der Waals surface area (Å²) in [4.78, 5) is 13.0. The van der Waals surface area contributed by atoms with E-state index in [1.165, 1.54) is 6.07 Å². The molecule has 2 aromatic heterocycles. The molecule has 0 bridgehead atoms. The first-order valence-electron chi connectivity index (χ1n) is 5.58. The second-order valence-electron chi connectivity index (χ2n) is 3.81. The summed E-state index contributed by atoms with van der Waals surface area (Å²) < 4.78 is 13.0. The molecule has 0 saturated heterocycles. The first kappa shape index (κ1) is 15.3. The van der Waals surface area contributed by atoms with Crippen molar-refractivity contribution in [3.8, 4) is 0 Å². The van der Waals surface area contributed by atoms with Gasteiger partial charge in [-0.2, -0.15) is 19.3 Å². The number of nitrogens with two attached hydrogens (primary N) is 1. The summed E-state index contributed by atoms with van der Waals surface area (Å²) in [5, 5.41) is 2.94. The number of hydrogen-bond acceptors (Lipinski definition) is 6. The van der Waals surface area contributed by atoms with Crippen LogP contribution in [-0.4, -0.2) is 15.0 Å². The Bertz CT molecular complexity index is 522. The third-order valence-electron chi connectivity index (χ3n) is 2.41. The van der Waals surface area contributed by atoms with Crippen LogP contribution in [0.1, 0.15) is 37.5 Å². The van der Waals surface area contributed by atoms with Gasteiger partial charge in [-0.15, -0.1) is 11.3 Å². The van der Waals surface area contributed by atoms with E-state index in [-0.39, 0.29) is 24.5 Å².